The van der Waals surface area contributed by atoms with Gasteiger partial charge in [0.2, 0.25) is 5.91 Å². The Bertz CT molecular complexity index is 424. The zero-order chi connectivity index (χ0) is 13.0. The van der Waals surface area contributed by atoms with Crippen molar-refractivity contribution in [3.05, 3.63) is 23.8 Å². The van der Waals surface area contributed by atoms with Gasteiger partial charge >= 0.3 is 0 Å². The molecule has 1 aromatic rings. The summed E-state index contributed by atoms with van der Waals surface area (Å²) in [6.45, 7) is 2.72. The van der Waals surface area contributed by atoms with Crippen LogP contribution in [0.25, 0.3) is 0 Å². The molecule has 3 N–H and O–H groups in total. The van der Waals surface area contributed by atoms with Gasteiger partial charge in [-0.1, -0.05) is 12.8 Å². The molecule has 0 radical (unpaired) electrons. The average molecular weight is 248 g/mol. The molecule has 1 saturated heterocycles. The third-order valence-electron chi connectivity index (χ3n) is 3.34. The maximum atomic E-state index is 12.1. The van der Waals surface area contributed by atoms with Crippen LogP contribution >= 0.6 is 0 Å². The van der Waals surface area contributed by atoms with Gasteiger partial charge in [-0.2, -0.15) is 0 Å². The summed E-state index contributed by atoms with van der Waals surface area (Å²) < 4.78 is 0. The van der Waals surface area contributed by atoms with Crippen molar-refractivity contribution in [2.45, 2.75) is 38.6 Å². The lowest BCUT2D eigenvalue weighted by Crippen LogP contribution is -2.39. The van der Waals surface area contributed by atoms with E-state index in [4.69, 9.17) is 0 Å². The van der Waals surface area contributed by atoms with Crippen LogP contribution in [0.15, 0.2) is 18.2 Å². The van der Waals surface area contributed by atoms with E-state index >= 15 is 0 Å². The molecule has 2 rings (SSSR count). The second kappa shape index (κ2) is 5.87. The number of phenols is 1. The molecule has 0 bridgehead atoms. The predicted molar refractivity (Wildman–Crippen MR) is 71.7 cm³/mol. The number of anilines is 1. The first-order valence-electron chi connectivity index (χ1n) is 6.50. The largest absolute Gasteiger partial charge is 0.508 e. The van der Waals surface area contributed by atoms with Gasteiger partial charge in [0.25, 0.3) is 0 Å². The normalized spacial score (nSPS) is 20.2. The van der Waals surface area contributed by atoms with Crippen LogP contribution in [0.2, 0.25) is 0 Å². The van der Waals surface area contributed by atoms with E-state index in [9.17, 15) is 9.90 Å². The molecular formula is C14H20N2O2. The minimum atomic E-state index is -0.0957. The molecule has 4 nitrogen and oxygen atoms in total. The number of aromatic hydroxyl groups is 1. The topological polar surface area (TPSA) is 61.4 Å². The molecule has 0 aromatic heterocycles. The van der Waals surface area contributed by atoms with Gasteiger partial charge in [0.1, 0.15) is 5.75 Å². The monoisotopic (exact) mass is 248 g/mol. The molecule has 1 atom stereocenters. The van der Waals surface area contributed by atoms with Crippen LogP contribution in [0, 0.1) is 6.92 Å². The van der Waals surface area contributed by atoms with Crippen LogP contribution in [0.4, 0.5) is 5.69 Å². The second-order valence-corrected chi connectivity index (χ2v) is 4.85. The number of hydrogen-bond donors (Lipinski definition) is 3. The fourth-order valence-corrected chi connectivity index (χ4v) is 2.21. The van der Waals surface area contributed by atoms with Crippen LogP contribution in [0.1, 0.15) is 31.2 Å². The van der Waals surface area contributed by atoms with E-state index in [0.717, 1.165) is 37.1 Å². The third kappa shape index (κ3) is 3.23. The van der Waals surface area contributed by atoms with E-state index in [0.29, 0.717) is 0 Å². The zero-order valence-electron chi connectivity index (χ0n) is 10.7. The molecule has 1 aliphatic heterocycles. The van der Waals surface area contributed by atoms with E-state index in [1.54, 1.807) is 18.2 Å². The number of carbonyl (C=O) groups excluding carboxylic acids is 1. The molecule has 0 spiro atoms. The SMILES string of the molecule is Cc1cc(NC(=O)C2CCCCCN2)ccc1O. The molecule has 1 amide bonds. The highest BCUT2D eigenvalue weighted by Crippen LogP contribution is 2.20. The van der Waals surface area contributed by atoms with Crippen LogP contribution in [-0.2, 0) is 4.79 Å². The number of nitrogens with one attached hydrogen (secondary N) is 2. The van der Waals surface area contributed by atoms with Gasteiger partial charge in [-0.25, -0.2) is 0 Å². The van der Waals surface area contributed by atoms with Crippen molar-refractivity contribution < 1.29 is 9.90 Å². The highest BCUT2D eigenvalue weighted by molar-refractivity contribution is 5.95. The summed E-state index contributed by atoms with van der Waals surface area (Å²) >= 11 is 0. The summed E-state index contributed by atoms with van der Waals surface area (Å²) in [5, 5.41) is 15.6. The number of rotatable bonds is 2. The lowest BCUT2D eigenvalue weighted by Gasteiger charge is -2.16. The Hall–Kier alpha value is -1.55. The van der Waals surface area contributed by atoms with E-state index in [2.05, 4.69) is 10.6 Å². The molecule has 0 saturated carbocycles. The number of carbonyl (C=O) groups is 1. The Kier molecular flexibility index (Phi) is 4.20. The fraction of sp³-hybridized carbons (Fsp3) is 0.500. The predicted octanol–water partition coefficient (Wildman–Crippen LogP) is 2.17. The maximum absolute atomic E-state index is 12.1. The van der Waals surface area contributed by atoms with E-state index in [1.165, 1.54) is 6.42 Å². The fourth-order valence-electron chi connectivity index (χ4n) is 2.21. The molecule has 4 heteroatoms. The Morgan fingerprint density at radius 1 is 1.39 bits per heavy atom. The Morgan fingerprint density at radius 3 is 3.00 bits per heavy atom. The molecule has 18 heavy (non-hydrogen) atoms. The minimum absolute atomic E-state index is 0.0157. The summed E-state index contributed by atoms with van der Waals surface area (Å²) in [6.07, 6.45) is 4.32. The molecule has 1 aliphatic rings. The Labute approximate surface area is 107 Å². The van der Waals surface area contributed by atoms with Gasteiger partial charge < -0.3 is 15.7 Å². The standard InChI is InChI=1S/C14H20N2O2/c1-10-9-11(6-7-13(10)17)16-14(18)12-5-3-2-4-8-15-12/h6-7,9,12,15,17H,2-5,8H2,1H3,(H,16,18). The number of amides is 1. The van der Waals surface area contributed by atoms with Gasteiger partial charge in [0.05, 0.1) is 6.04 Å². The quantitative estimate of drug-likeness (QED) is 0.703. The lowest BCUT2D eigenvalue weighted by atomic mass is 10.1. The highest BCUT2D eigenvalue weighted by Gasteiger charge is 2.19. The van der Waals surface area contributed by atoms with E-state index < -0.39 is 0 Å². The summed E-state index contributed by atoms with van der Waals surface area (Å²) in [6, 6.07) is 5.01. The molecular weight excluding hydrogens is 228 g/mol. The van der Waals surface area contributed by atoms with Crippen LogP contribution in [-0.4, -0.2) is 23.6 Å². The number of phenolic OH excluding ortho intramolecular Hbond substituents is 1. The minimum Gasteiger partial charge on any atom is -0.508 e. The van der Waals surface area contributed by atoms with E-state index in [-0.39, 0.29) is 17.7 Å². The lowest BCUT2D eigenvalue weighted by molar-refractivity contribution is -0.118. The summed E-state index contributed by atoms with van der Waals surface area (Å²) in [5.74, 6) is 0.266. The van der Waals surface area contributed by atoms with Crippen molar-refractivity contribution in [1.82, 2.24) is 5.32 Å². The van der Waals surface area contributed by atoms with Crippen molar-refractivity contribution in [3.8, 4) is 5.75 Å². The highest BCUT2D eigenvalue weighted by atomic mass is 16.3. The van der Waals surface area contributed by atoms with Crippen molar-refractivity contribution in [3.63, 3.8) is 0 Å². The first kappa shape index (κ1) is 12.9. The first-order chi connectivity index (χ1) is 8.66. The van der Waals surface area contributed by atoms with E-state index in [1.807, 2.05) is 6.92 Å². The van der Waals surface area contributed by atoms with Gasteiger partial charge in [0.15, 0.2) is 0 Å². The van der Waals surface area contributed by atoms with Gasteiger partial charge in [-0.3, -0.25) is 4.79 Å². The molecule has 1 fully saturated rings. The van der Waals surface area contributed by atoms with Crippen LogP contribution in [0.5, 0.6) is 5.75 Å². The molecule has 1 aromatic carbocycles. The second-order valence-electron chi connectivity index (χ2n) is 4.85. The number of aryl methyl sites for hydroxylation is 1. The maximum Gasteiger partial charge on any atom is 0.241 e. The van der Waals surface area contributed by atoms with Crippen molar-refractivity contribution in [1.29, 1.82) is 0 Å². The Morgan fingerprint density at radius 2 is 2.22 bits per heavy atom. The zero-order valence-corrected chi connectivity index (χ0v) is 10.7. The average Bonchev–Trinajstić information content (AvgIpc) is 2.62. The Balaban J connectivity index is 1.99. The van der Waals surface area contributed by atoms with Gasteiger partial charge in [0, 0.05) is 5.69 Å². The van der Waals surface area contributed by atoms with Gasteiger partial charge in [-0.05, 0) is 50.1 Å². The molecule has 1 unspecified atom stereocenters. The number of benzene rings is 1. The summed E-state index contributed by atoms with van der Waals surface area (Å²) in [4.78, 5) is 12.1. The van der Waals surface area contributed by atoms with Crippen LogP contribution < -0.4 is 10.6 Å². The molecule has 98 valence electrons. The summed E-state index contributed by atoms with van der Waals surface area (Å²) in [7, 11) is 0. The van der Waals surface area contributed by atoms with Crippen molar-refractivity contribution in [2.24, 2.45) is 0 Å². The molecule has 1 heterocycles. The summed E-state index contributed by atoms with van der Waals surface area (Å²) in [5.41, 5.74) is 1.50. The van der Waals surface area contributed by atoms with Gasteiger partial charge in [-0.15, -0.1) is 0 Å². The molecule has 0 aliphatic carbocycles. The third-order valence-corrected chi connectivity index (χ3v) is 3.34. The first-order valence-corrected chi connectivity index (χ1v) is 6.50. The number of hydrogen-bond acceptors (Lipinski definition) is 3. The smallest absolute Gasteiger partial charge is 0.241 e. The van der Waals surface area contributed by atoms with Crippen molar-refractivity contribution >= 4 is 11.6 Å². The van der Waals surface area contributed by atoms with Crippen molar-refractivity contribution in [2.75, 3.05) is 11.9 Å². The van der Waals surface area contributed by atoms with Crippen LogP contribution in [0.3, 0.4) is 0 Å².